The van der Waals surface area contributed by atoms with E-state index in [1.807, 2.05) is 0 Å². The maximum atomic E-state index is 13.0. The zero-order valence-corrected chi connectivity index (χ0v) is 59.5. The molecule has 0 aliphatic rings. The molecule has 0 bridgehead atoms. The highest BCUT2D eigenvalue weighted by atomic mass is 31.2. The molecule has 5 atom stereocenters. The molecule has 0 spiro atoms. The Morgan fingerprint density at radius 2 is 0.517 bits per heavy atom. The van der Waals surface area contributed by atoms with Crippen LogP contribution in [0, 0.1) is 11.8 Å². The summed E-state index contributed by atoms with van der Waals surface area (Å²) in [7, 11) is -9.90. The van der Waals surface area contributed by atoms with Crippen molar-refractivity contribution >= 4 is 39.5 Å². The minimum absolute atomic E-state index is 0.106. The summed E-state index contributed by atoms with van der Waals surface area (Å²) >= 11 is 0. The van der Waals surface area contributed by atoms with Crippen molar-refractivity contribution in [1.29, 1.82) is 0 Å². The number of ether oxygens (including phenoxy) is 4. The van der Waals surface area contributed by atoms with Gasteiger partial charge in [-0.05, 0) is 37.5 Å². The number of unbranched alkanes of at least 4 members (excludes halogenated alkanes) is 39. The molecule has 17 nitrogen and oxygen atoms in total. The van der Waals surface area contributed by atoms with E-state index >= 15 is 0 Å². The first kappa shape index (κ1) is 87.1. The number of carbonyl (C=O) groups is 4. The molecule has 3 N–H and O–H groups in total. The predicted octanol–water partition coefficient (Wildman–Crippen LogP) is 20.0. The standard InChI is InChI=1S/C70H136O17P2/c1-7-9-11-13-15-17-21-28-34-40-46-52-67(72)80-58-65(86-69(74)54-48-42-36-29-22-18-16-14-12-10-8-2)60-84-88(76,77)82-56-64(71)57-83-89(78,79)85-61-66(59-81-68(73)53-47-41-35-31-25-27-33-39-45-51-63(5)6)87-70(75)55-49-43-37-30-24-20-19-23-26-32-38-44-50-62(3)4/h62-66,71H,7-61H2,1-6H3,(H,76,77)(H,78,79)/t64-,65+,66+/m0/s1. The monoisotopic (exact) mass is 1310 g/mol. The number of rotatable bonds is 69. The molecule has 528 valence electrons. The Bertz CT molecular complexity index is 1730. The van der Waals surface area contributed by atoms with Crippen LogP contribution in [0.4, 0.5) is 0 Å². The number of aliphatic hydroxyl groups excluding tert-OH is 1. The zero-order chi connectivity index (χ0) is 65.7. The Balaban J connectivity index is 5.25. The number of esters is 4. The van der Waals surface area contributed by atoms with Crippen molar-refractivity contribution in [2.45, 2.75) is 374 Å². The maximum absolute atomic E-state index is 13.0. The van der Waals surface area contributed by atoms with Gasteiger partial charge in [0.05, 0.1) is 26.4 Å². The Morgan fingerprint density at radius 3 is 0.764 bits per heavy atom. The highest BCUT2D eigenvalue weighted by Crippen LogP contribution is 2.45. The average Bonchev–Trinajstić information content (AvgIpc) is 3.71. The molecule has 2 unspecified atom stereocenters. The molecule has 0 aliphatic carbocycles. The SMILES string of the molecule is CCCCCCCCCCCCCC(=O)OC[C@H](COP(=O)(O)OC[C@H](O)COP(=O)(O)OC[C@@H](COC(=O)CCCCCCCCCCCC(C)C)OC(=O)CCCCCCCCCCCCCCC(C)C)OC(=O)CCCCCCCCCCCCC. The van der Waals surface area contributed by atoms with Crippen molar-refractivity contribution in [1.82, 2.24) is 0 Å². The lowest BCUT2D eigenvalue weighted by Gasteiger charge is -2.21. The normalized spacial score (nSPS) is 14.1. The van der Waals surface area contributed by atoms with Gasteiger partial charge in [-0.3, -0.25) is 37.3 Å². The number of carbonyl (C=O) groups excluding carboxylic acids is 4. The van der Waals surface area contributed by atoms with Gasteiger partial charge in [0.1, 0.15) is 19.3 Å². The van der Waals surface area contributed by atoms with E-state index in [-0.39, 0.29) is 25.7 Å². The Kier molecular flexibility index (Phi) is 60.8. The summed E-state index contributed by atoms with van der Waals surface area (Å²) in [5.41, 5.74) is 0. The largest absolute Gasteiger partial charge is 0.472 e. The van der Waals surface area contributed by atoms with Gasteiger partial charge >= 0.3 is 39.5 Å². The second-order valence-electron chi connectivity index (χ2n) is 26.2. The molecule has 0 amide bonds. The summed E-state index contributed by atoms with van der Waals surface area (Å²) in [5, 5.41) is 10.6. The first-order valence-corrected chi connectivity index (χ1v) is 39.5. The van der Waals surface area contributed by atoms with Crippen LogP contribution in [0.5, 0.6) is 0 Å². The molecule has 0 saturated heterocycles. The summed E-state index contributed by atoms with van der Waals surface area (Å²) in [5.74, 6) is -0.602. The van der Waals surface area contributed by atoms with Gasteiger partial charge in [0.2, 0.25) is 0 Å². The highest BCUT2D eigenvalue weighted by molar-refractivity contribution is 7.47. The van der Waals surface area contributed by atoms with Crippen LogP contribution in [0.15, 0.2) is 0 Å². The number of hydrogen-bond donors (Lipinski definition) is 3. The molecule has 0 aromatic carbocycles. The summed E-state index contributed by atoms with van der Waals surface area (Å²) < 4.78 is 68.3. The van der Waals surface area contributed by atoms with Crippen LogP contribution in [0.3, 0.4) is 0 Å². The molecule has 89 heavy (non-hydrogen) atoms. The number of phosphoric ester groups is 2. The first-order valence-electron chi connectivity index (χ1n) is 36.5. The van der Waals surface area contributed by atoms with Gasteiger partial charge in [0.25, 0.3) is 0 Å². The van der Waals surface area contributed by atoms with Crippen LogP contribution in [-0.2, 0) is 65.4 Å². The number of phosphoric acid groups is 2. The van der Waals surface area contributed by atoms with Crippen LogP contribution < -0.4 is 0 Å². The Hall–Kier alpha value is -1.94. The number of hydrogen-bond acceptors (Lipinski definition) is 15. The minimum atomic E-state index is -4.95. The fraction of sp³-hybridized carbons (Fsp3) is 0.943. The van der Waals surface area contributed by atoms with Gasteiger partial charge < -0.3 is 33.8 Å². The van der Waals surface area contributed by atoms with Gasteiger partial charge in [-0.1, -0.05) is 305 Å². The van der Waals surface area contributed by atoms with E-state index in [1.54, 1.807) is 0 Å². The number of aliphatic hydroxyl groups is 1. The fourth-order valence-corrected chi connectivity index (χ4v) is 12.2. The van der Waals surface area contributed by atoms with E-state index in [1.165, 1.54) is 173 Å². The van der Waals surface area contributed by atoms with Crippen LogP contribution in [-0.4, -0.2) is 96.7 Å². The molecule has 0 aliphatic heterocycles. The second-order valence-corrected chi connectivity index (χ2v) is 29.1. The lowest BCUT2D eigenvalue weighted by Crippen LogP contribution is -2.30. The van der Waals surface area contributed by atoms with E-state index in [9.17, 15) is 43.2 Å². The minimum Gasteiger partial charge on any atom is -0.462 e. The summed E-state index contributed by atoms with van der Waals surface area (Å²) in [6, 6.07) is 0. The molecule has 0 aromatic rings. The van der Waals surface area contributed by atoms with Gasteiger partial charge in [-0.15, -0.1) is 0 Å². The van der Waals surface area contributed by atoms with Gasteiger partial charge in [-0.2, -0.15) is 0 Å². The highest BCUT2D eigenvalue weighted by Gasteiger charge is 2.30. The van der Waals surface area contributed by atoms with E-state index < -0.39 is 97.5 Å². The molecule has 0 aromatic heterocycles. The van der Waals surface area contributed by atoms with Crippen molar-refractivity contribution in [2.24, 2.45) is 11.8 Å². The zero-order valence-electron chi connectivity index (χ0n) is 57.7. The van der Waals surface area contributed by atoms with Crippen LogP contribution >= 0.6 is 15.6 Å². The third-order valence-electron chi connectivity index (χ3n) is 16.2. The van der Waals surface area contributed by atoms with Gasteiger partial charge in [0.15, 0.2) is 12.2 Å². The van der Waals surface area contributed by atoms with Crippen LogP contribution in [0.1, 0.15) is 356 Å². The van der Waals surface area contributed by atoms with E-state index in [2.05, 4.69) is 41.5 Å². The summed E-state index contributed by atoms with van der Waals surface area (Å²) in [6.45, 7) is 9.54. The molecule has 0 fully saturated rings. The quantitative estimate of drug-likeness (QED) is 0.0222. The summed E-state index contributed by atoms with van der Waals surface area (Å²) in [4.78, 5) is 72.5. The van der Waals surface area contributed by atoms with Gasteiger partial charge in [-0.25, -0.2) is 9.13 Å². The molecule has 0 radical (unpaired) electrons. The molecular formula is C70H136O17P2. The molecule has 0 saturated carbocycles. The van der Waals surface area contributed by atoms with E-state index in [0.717, 1.165) is 102 Å². The van der Waals surface area contributed by atoms with Crippen molar-refractivity contribution in [3.05, 3.63) is 0 Å². The maximum Gasteiger partial charge on any atom is 0.472 e. The van der Waals surface area contributed by atoms with Crippen LogP contribution in [0.25, 0.3) is 0 Å². The van der Waals surface area contributed by atoms with Gasteiger partial charge in [0, 0.05) is 25.7 Å². The third-order valence-corrected chi connectivity index (χ3v) is 18.1. The third kappa shape index (κ3) is 64.6. The molecule has 0 heterocycles. The predicted molar refractivity (Wildman–Crippen MR) is 358 cm³/mol. The summed E-state index contributed by atoms with van der Waals surface area (Å²) in [6.07, 6.45) is 47.0. The first-order chi connectivity index (χ1) is 42.9. The average molecular weight is 1310 g/mol. The Morgan fingerprint density at radius 1 is 0.303 bits per heavy atom. The van der Waals surface area contributed by atoms with Crippen molar-refractivity contribution in [3.63, 3.8) is 0 Å². The Labute approximate surface area is 543 Å². The van der Waals surface area contributed by atoms with E-state index in [4.69, 9.17) is 37.0 Å². The smallest absolute Gasteiger partial charge is 0.462 e. The fourth-order valence-electron chi connectivity index (χ4n) is 10.6. The van der Waals surface area contributed by atoms with Crippen molar-refractivity contribution < 1.29 is 80.2 Å². The van der Waals surface area contributed by atoms with Crippen molar-refractivity contribution in [2.75, 3.05) is 39.6 Å². The van der Waals surface area contributed by atoms with E-state index in [0.29, 0.717) is 25.7 Å². The lowest BCUT2D eigenvalue weighted by molar-refractivity contribution is -0.161. The topological polar surface area (TPSA) is 237 Å². The lowest BCUT2D eigenvalue weighted by atomic mass is 10.0. The second kappa shape index (κ2) is 62.2. The molecule has 0 rings (SSSR count). The van der Waals surface area contributed by atoms with Crippen molar-refractivity contribution in [3.8, 4) is 0 Å². The molecule has 19 heteroatoms. The molecular weight excluding hydrogens is 1170 g/mol. The van der Waals surface area contributed by atoms with Crippen LogP contribution in [0.2, 0.25) is 0 Å².